The van der Waals surface area contributed by atoms with Crippen molar-refractivity contribution in [1.29, 1.82) is 0 Å². The van der Waals surface area contributed by atoms with E-state index >= 15 is 0 Å². The second-order valence-corrected chi connectivity index (χ2v) is 15.2. The maximum Gasteiger partial charge on any atom is 0.327 e. The van der Waals surface area contributed by atoms with Crippen LogP contribution in [0.25, 0.3) is 0 Å². The van der Waals surface area contributed by atoms with E-state index in [-0.39, 0.29) is 59.7 Å². The van der Waals surface area contributed by atoms with E-state index in [0.717, 1.165) is 38.9 Å². The molecule has 5 aliphatic heterocycles. The van der Waals surface area contributed by atoms with Crippen LogP contribution in [0.3, 0.4) is 0 Å². The number of amides is 4. The maximum absolute atomic E-state index is 14.2. The van der Waals surface area contributed by atoms with Crippen LogP contribution >= 0.6 is 12.4 Å². The summed E-state index contributed by atoms with van der Waals surface area (Å²) in [5, 5.41) is 0. The molecule has 2 bridgehead atoms. The standard InChI is InChI=1S/C34H50N4O4.ClH/c1-23(2)38-32(41)37(18-24-13-14-42-22-24)31(40)34(38)15-27-11-12-28(16-34)36(27)20-26-19-35(30(39)17-33(3,4)5)21-29(26)25-9-7-6-8-10-25;/h6-10,23-24,26-29H,11-22H2,1-5H3;1H/t24?,26-,27?,28?,29-,34?;/m1./s1. The van der Waals surface area contributed by atoms with Gasteiger partial charge in [-0.05, 0) is 62.8 Å². The number of rotatable bonds is 7. The molecule has 0 aromatic heterocycles. The van der Waals surface area contributed by atoms with Gasteiger partial charge >= 0.3 is 6.03 Å². The maximum atomic E-state index is 14.2. The number of hydrogen-bond donors (Lipinski definition) is 0. The van der Waals surface area contributed by atoms with E-state index in [0.29, 0.717) is 50.9 Å². The van der Waals surface area contributed by atoms with Gasteiger partial charge in [-0.15, -0.1) is 12.4 Å². The minimum absolute atomic E-state index is 0. The molecule has 43 heavy (non-hydrogen) atoms. The van der Waals surface area contributed by atoms with E-state index in [1.807, 2.05) is 4.90 Å². The lowest BCUT2D eigenvalue weighted by molar-refractivity contribution is -0.138. The average molecular weight is 615 g/mol. The molecule has 4 amide bonds. The lowest BCUT2D eigenvalue weighted by Crippen LogP contribution is -2.62. The molecule has 1 aromatic rings. The Kier molecular flexibility index (Phi) is 9.24. The molecule has 3 unspecified atom stereocenters. The van der Waals surface area contributed by atoms with Crippen molar-refractivity contribution in [2.45, 2.75) is 103 Å². The molecule has 5 atom stereocenters. The van der Waals surface area contributed by atoms with Crippen molar-refractivity contribution in [3.8, 4) is 0 Å². The highest BCUT2D eigenvalue weighted by atomic mass is 35.5. The largest absolute Gasteiger partial charge is 0.381 e. The average Bonchev–Trinajstić information content (AvgIpc) is 3.68. The van der Waals surface area contributed by atoms with Crippen LogP contribution in [0.5, 0.6) is 0 Å². The van der Waals surface area contributed by atoms with Crippen molar-refractivity contribution in [3.05, 3.63) is 35.9 Å². The van der Waals surface area contributed by atoms with Gasteiger partial charge in [0.1, 0.15) is 5.54 Å². The second-order valence-electron chi connectivity index (χ2n) is 15.2. The topological polar surface area (TPSA) is 73.4 Å². The molecule has 0 N–H and O–H groups in total. The highest BCUT2D eigenvalue weighted by Gasteiger charge is 2.63. The fourth-order valence-electron chi connectivity index (χ4n) is 8.78. The lowest BCUT2D eigenvalue weighted by Gasteiger charge is -2.48. The number of carbonyl (C=O) groups excluding carboxylic acids is 3. The molecule has 0 radical (unpaired) electrons. The number of piperidine rings is 1. The number of nitrogens with zero attached hydrogens (tertiary/aromatic N) is 4. The minimum atomic E-state index is -0.740. The molecule has 9 heteroatoms. The summed E-state index contributed by atoms with van der Waals surface area (Å²) >= 11 is 0. The number of halogens is 1. The fraction of sp³-hybridized carbons (Fsp3) is 0.735. The third-order valence-corrected chi connectivity index (χ3v) is 10.6. The van der Waals surface area contributed by atoms with E-state index in [9.17, 15) is 14.4 Å². The molecular weight excluding hydrogens is 564 g/mol. The third-order valence-electron chi connectivity index (χ3n) is 10.6. The smallest absolute Gasteiger partial charge is 0.327 e. The Labute approximate surface area is 263 Å². The van der Waals surface area contributed by atoms with Crippen LogP contribution in [-0.2, 0) is 14.3 Å². The number of imide groups is 1. The van der Waals surface area contributed by atoms with E-state index < -0.39 is 5.54 Å². The number of urea groups is 1. The summed E-state index contributed by atoms with van der Waals surface area (Å²) in [7, 11) is 0. The van der Waals surface area contributed by atoms with Gasteiger partial charge in [0.25, 0.3) is 5.91 Å². The van der Waals surface area contributed by atoms with E-state index in [1.165, 1.54) is 5.56 Å². The summed E-state index contributed by atoms with van der Waals surface area (Å²) in [4.78, 5) is 49.5. The number of carbonyl (C=O) groups is 3. The fourth-order valence-corrected chi connectivity index (χ4v) is 8.78. The van der Waals surface area contributed by atoms with Crippen molar-refractivity contribution in [2.75, 3.05) is 39.4 Å². The molecule has 5 heterocycles. The molecule has 0 aliphatic carbocycles. The number of hydrogen-bond acceptors (Lipinski definition) is 5. The number of benzene rings is 1. The van der Waals surface area contributed by atoms with Gasteiger partial charge in [-0.2, -0.15) is 0 Å². The minimum Gasteiger partial charge on any atom is -0.381 e. The zero-order chi connectivity index (χ0) is 29.8. The van der Waals surface area contributed by atoms with Crippen LogP contribution in [0.2, 0.25) is 0 Å². The summed E-state index contributed by atoms with van der Waals surface area (Å²) < 4.78 is 5.56. The molecule has 5 saturated heterocycles. The summed E-state index contributed by atoms with van der Waals surface area (Å²) in [6.45, 7) is 14.8. The summed E-state index contributed by atoms with van der Waals surface area (Å²) in [6, 6.07) is 11.1. The van der Waals surface area contributed by atoms with Gasteiger partial charge in [0.2, 0.25) is 5.91 Å². The van der Waals surface area contributed by atoms with Crippen LogP contribution in [0.4, 0.5) is 4.79 Å². The highest BCUT2D eigenvalue weighted by molar-refractivity contribution is 6.07. The van der Waals surface area contributed by atoms with Crippen LogP contribution in [-0.4, -0.2) is 101 Å². The Morgan fingerprint density at radius 3 is 2.26 bits per heavy atom. The van der Waals surface area contributed by atoms with Crippen molar-refractivity contribution >= 4 is 30.3 Å². The molecule has 8 nitrogen and oxygen atoms in total. The monoisotopic (exact) mass is 614 g/mol. The van der Waals surface area contributed by atoms with Crippen molar-refractivity contribution < 1.29 is 19.1 Å². The second kappa shape index (κ2) is 12.3. The van der Waals surface area contributed by atoms with Gasteiger partial charge in [-0.25, -0.2) is 4.79 Å². The molecule has 5 fully saturated rings. The quantitative estimate of drug-likeness (QED) is 0.397. The third kappa shape index (κ3) is 6.08. The van der Waals surface area contributed by atoms with Gasteiger partial charge in [-0.1, -0.05) is 51.1 Å². The molecular formula is C34H51ClN4O4. The first-order chi connectivity index (χ1) is 20.0. The summed E-state index contributed by atoms with van der Waals surface area (Å²) in [5.74, 6) is 1.15. The van der Waals surface area contributed by atoms with Gasteiger partial charge < -0.3 is 14.5 Å². The van der Waals surface area contributed by atoms with Crippen LogP contribution in [0.1, 0.15) is 84.6 Å². The molecule has 1 spiro atoms. The Morgan fingerprint density at radius 1 is 1.00 bits per heavy atom. The summed E-state index contributed by atoms with van der Waals surface area (Å²) in [6.07, 6.45) is 5.00. The van der Waals surface area contributed by atoms with Crippen LogP contribution in [0, 0.1) is 17.3 Å². The van der Waals surface area contributed by atoms with Gasteiger partial charge in [0, 0.05) is 69.2 Å². The number of ether oxygens (including phenoxy) is 1. The van der Waals surface area contributed by atoms with Gasteiger partial charge in [0.05, 0.1) is 6.61 Å². The molecule has 1 aromatic carbocycles. The highest BCUT2D eigenvalue weighted by Crippen LogP contribution is 2.49. The molecule has 238 valence electrons. The zero-order valence-electron chi connectivity index (χ0n) is 26.7. The van der Waals surface area contributed by atoms with Crippen molar-refractivity contribution in [1.82, 2.24) is 19.6 Å². The summed E-state index contributed by atoms with van der Waals surface area (Å²) in [5.41, 5.74) is 0.531. The predicted molar refractivity (Wildman–Crippen MR) is 169 cm³/mol. The van der Waals surface area contributed by atoms with Crippen LogP contribution < -0.4 is 0 Å². The van der Waals surface area contributed by atoms with E-state index in [1.54, 1.807) is 4.90 Å². The number of fused-ring (bicyclic) bond motifs is 2. The molecule has 5 aliphatic rings. The first kappa shape index (κ1) is 32.2. The first-order valence-electron chi connectivity index (χ1n) is 16.3. The number of likely N-dealkylation sites (tertiary alicyclic amines) is 1. The lowest BCUT2D eigenvalue weighted by atomic mass is 9.79. The SMILES string of the molecule is CC(C)N1C(=O)N(CC2CCOC2)C(=O)C12CC1CCC(C2)N1C[C@H]1CN(C(=O)CC(C)(C)C)C[C@@H]1c1ccccc1.Cl. The zero-order valence-corrected chi connectivity index (χ0v) is 27.5. The normalized spacial score (nSPS) is 32.9. The molecule has 6 rings (SSSR count). The Morgan fingerprint density at radius 2 is 1.67 bits per heavy atom. The predicted octanol–water partition coefficient (Wildman–Crippen LogP) is 5.16. The molecule has 0 saturated carbocycles. The van der Waals surface area contributed by atoms with Crippen LogP contribution in [0.15, 0.2) is 30.3 Å². The Hall–Kier alpha value is -2.16. The van der Waals surface area contributed by atoms with Crippen molar-refractivity contribution in [3.63, 3.8) is 0 Å². The van der Waals surface area contributed by atoms with E-state index in [2.05, 4.69) is 74.8 Å². The van der Waals surface area contributed by atoms with Crippen molar-refractivity contribution in [2.24, 2.45) is 17.3 Å². The van der Waals surface area contributed by atoms with Gasteiger partial charge in [-0.3, -0.25) is 19.4 Å². The first-order valence-corrected chi connectivity index (χ1v) is 16.3. The Bertz CT molecular complexity index is 1170. The van der Waals surface area contributed by atoms with Gasteiger partial charge in [0.15, 0.2) is 0 Å². The Balaban J connectivity index is 0.00000368. The van der Waals surface area contributed by atoms with E-state index in [4.69, 9.17) is 4.74 Å².